The molecule has 2 aliphatic rings. The summed E-state index contributed by atoms with van der Waals surface area (Å²) in [6.45, 7) is 2.07. The number of hydrogen-bond acceptors (Lipinski definition) is 3. The lowest BCUT2D eigenvalue weighted by Crippen LogP contribution is -2.20. The molecule has 1 aromatic heterocycles. The molecule has 5 heteroatoms. The smallest absolute Gasteiger partial charge is 0.213 e. The van der Waals surface area contributed by atoms with Gasteiger partial charge in [0.15, 0.2) is 0 Å². The van der Waals surface area contributed by atoms with Gasteiger partial charge < -0.3 is 9.64 Å². The Hall–Kier alpha value is -2.17. The van der Waals surface area contributed by atoms with Crippen molar-refractivity contribution in [3.63, 3.8) is 0 Å². The van der Waals surface area contributed by atoms with Crippen LogP contribution in [0.4, 0.5) is 14.5 Å². The molecule has 0 bridgehead atoms. The first-order valence-corrected chi connectivity index (χ1v) is 8.55. The first-order chi connectivity index (χ1) is 11.7. The Balaban J connectivity index is 1.60. The van der Waals surface area contributed by atoms with E-state index in [9.17, 15) is 8.78 Å². The number of pyridine rings is 1. The van der Waals surface area contributed by atoms with Gasteiger partial charge in [-0.15, -0.1) is 0 Å². The van der Waals surface area contributed by atoms with Crippen LogP contribution in [-0.4, -0.2) is 24.7 Å². The monoisotopic (exact) mass is 330 g/mol. The predicted molar refractivity (Wildman–Crippen MR) is 89.3 cm³/mol. The highest BCUT2D eigenvalue weighted by Crippen LogP contribution is 2.32. The van der Waals surface area contributed by atoms with E-state index >= 15 is 0 Å². The fourth-order valence-corrected chi connectivity index (χ4v) is 3.10. The first-order valence-electron chi connectivity index (χ1n) is 8.55. The highest BCUT2D eigenvalue weighted by Gasteiger charge is 2.23. The summed E-state index contributed by atoms with van der Waals surface area (Å²) in [5, 5.41) is 0. The van der Waals surface area contributed by atoms with E-state index < -0.39 is 11.6 Å². The van der Waals surface area contributed by atoms with Gasteiger partial charge in [0.2, 0.25) is 5.88 Å². The SMILES string of the molecule is Fc1cc(-c2cccc(OCC3CC3)n2)cc(F)c1N1CCCC1. The van der Waals surface area contributed by atoms with Crippen LogP contribution in [0.3, 0.4) is 0 Å². The third kappa shape index (κ3) is 3.21. The van der Waals surface area contributed by atoms with Crippen molar-refractivity contribution < 1.29 is 13.5 Å². The van der Waals surface area contributed by atoms with E-state index in [0.717, 1.165) is 12.8 Å². The summed E-state index contributed by atoms with van der Waals surface area (Å²) in [5.41, 5.74) is 1.04. The van der Waals surface area contributed by atoms with E-state index in [1.807, 2.05) is 0 Å². The average Bonchev–Trinajstić information content (AvgIpc) is 3.26. The molecule has 24 heavy (non-hydrogen) atoms. The van der Waals surface area contributed by atoms with Crippen LogP contribution in [0.25, 0.3) is 11.3 Å². The van der Waals surface area contributed by atoms with Crippen LogP contribution in [0.2, 0.25) is 0 Å². The van der Waals surface area contributed by atoms with Crippen LogP contribution in [0.5, 0.6) is 5.88 Å². The third-order valence-electron chi connectivity index (χ3n) is 4.62. The highest BCUT2D eigenvalue weighted by molar-refractivity contribution is 5.65. The van der Waals surface area contributed by atoms with Gasteiger partial charge in [0.25, 0.3) is 0 Å². The van der Waals surface area contributed by atoms with Gasteiger partial charge in [-0.1, -0.05) is 6.07 Å². The van der Waals surface area contributed by atoms with E-state index in [2.05, 4.69) is 4.98 Å². The summed E-state index contributed by atoms with van der Waals surface area (Å²) in [6, 6.07) is 8.05. The summed E-state index contributed by atoms with van der Waals surface area (Å²) < 4.78 is 34.6. The molecular weight excluding hydrogens is 310 g/mol. The summed E-state index contributed by atoms with van der Waals surface area (Å²) in [6.07, 6.45) is 4.35. The second-order valence-corrected chi connectivity index (χ2v) is 6.60. The molecule has 1 saturated heterocycles. The topological polar surface area (TPSA) is 25.4 Å². The van der Waals surface area contributed by atoms with Crippen LogP contribution in [0.15, 0.2) is 30.3 Å². The Morgan fingerprint density at radius 2 is 1.79 bits per heavy atom. The van der Waals surface area contributed by atoms with E-state index in [1.54, 1.807) is 23.1 Å². The lowest BCUT2D eigenvalue weighted by Gasteiger charge is -2.19. The maximum absolute atomic E-state index is 14.5. The Morgan fingerprint density at radius 1 is 1.08 bits per heavy atom. The molecule has 0 unspecified atom stereocenters. The minimum atomic E-state index is -0.530. The second-order valence-electron chi connectivity index (χ2n) is 6.60. The Labute approximate surface area is 140 Å². The highest BCUT2D eigenvalue weighted by atomic mass is 19.1. The molecule has 2 heterocycles. The molecule has 1 aliphatic carbocycles. The summed E-state index contributed by atoms with van der Waals surface area (Å²) in [5.74, 6) is 0.0740. The largest absolute Gasteiger partial charge is 0.477 e. The molecule has 2 fully saturated rings. The second kappa shape index (κ2) is 6.38. The number of benzene rings is 1. The zero-order chi connectivity index (χ0) is 16.5. The summed E-state index contributed by atoms with van der Waals surface area (Å²) in [7, 11) is 0. The molecule has 0 radical (unpaired) electrons. The first kappa shape index (κ1) is 15.4. The van der Waals surface area contributed by atoms with Crippen LogP contribution in [0.1, 0.15) is 25.7 Å². The van der Waals surface area contributed by atoms with Gasteiger partial charge in [0.1, 0.15) is 17.3 Å². The number of rotatable bonds is 5. The van der Waals surface area contributed by atoms with E-state index in [4.69, 9.17) is 4.74 Å². The van der Waals surface area contributed by atoms with Crippen LogP contribution in [-0.2, 0) is 0 Å². The van der Waals surface area contributed by atoms with Crippen molar-refractivity contribution in [2.75, 3.05) is 24.6 Å². The Bertz CT molecular complexity index is 717. The van der Waals surface area contributed by atoms with Crippen molar-refractivity contribution in [1.29, 1.82) is 0 Å². The van der Waals surface area contributed by atoms with E-state index in [1.165, 1.54) is 25.0 Å². The number of ether oxygens (including phenoxy) is 1. The number of nitrogens with zero attached hydrogens (tertiary/aromatic N) is 2. The molecule has 1 aliphatic heterocycles. The number of aromatic nitrogens is 1. The van der Waals surface area contributed by atoms with Gasteiger partial charge in [0, 0.05) is 24.7 Å². The maximum Gasteiger partial charge on any atom is 0.213 e. The molecule has 4 rings (SSSR count). The lowest BCUT2D eigenvalue weighted by atomic mass is 10.1. The molecule has 0 atom stereocenters. The molecule has 0 spiro atoms. The van der Waals surface area contributed by atoms with Crippen molar-refractivity contribution >= 4 is 5.69 Å². The standard InChI is InChI=1S/C19H20F2N2O/c20-15-10-14(11-16(21)19(15)23-8-1-2-9-23)17-4-3-5-18(22-17)24-12-13-6-7-13/h3-5,10-11,13H,1-2,6-9,12H2. The molecule has 1 saturated carbocycles. The van der Waals surface area contributed by atoms with Gasteiger partial charge in [-0.2, -0.15) is 0 Å². The van der Waals surface area contributed by atoms with Crippen molar-refractivity contribution in [1.82, 2.24) is 4.98 Å². The zero-order valence-corrected chi connectivity index (χ0v) is 13.5. The fourth-order valence-electron chi connectivity index (χ4n) is 3.10. The van der Waals surface area contributed by atoms with E-state index in [0.29, 0.717) is 42.8 Å². The van der Waals surface area contributed by atoms with Gasteiger partial charge in [-0.05, 0) is 49.8 Å². The van der Waals surface area contributed by atoms with Crippen LogP contribution >= 0.6 is 0 Å². The Morgan fingerprint density at radius 3 is 2.46 bits per heavy atom. The van der Waals surface area contributed by atoms with Crippen LogP contribution < -0.4 is 9.64 Å². The minimum absolute atomic E-state index is 0.0809. The summed E-state index contributed by atoms with van der Waals surface area (Å²) >= 11 is 0. The number of hydrogen-bond donors (Lipinski definition) is 0. The molecular formula is C19H20F2N2O. The van der Waals surface area contributed by atoms with Crippen molar-refractivity contribution in [2.24, 2.45) is 5.92 Å². The van der Waals surface area contributed by atoms with Crippen molar-refractivity contribution in [3.05, 3.63) is 42.0 Å². The minimum Gasteiger partial charge on any atom is -0.477 e. The zero-order valence-electron chi connectivity index (χ0n) is 13.5. The van der Waals surface area contributed by atoms with Crippen molar-refractivity contribution in [3.8, 4) is 17.1 Å². The molecule has 1 aromatic carbocycles. The molecule has 2 aromatic rings. The van der Waals surface area contributed by atoms with Crippen molar-refractivity contribution in [2.45, 2.75) is 25.7 Å². The van der Waals surface area contributed by atoms with Gasteiger partial charge in [-0.3, -0.25) is 0 Å². The molecule has 126 valence electrons. The molecule has 3 nitrogen and oxygen atoms in total. The third-order valence-corrected chi connectivity index (χ3v) is 4.62. The van der Waals surface area contributed by atoms with E-state index in [-0.39, 0.29) is 5.69 Å². The van der Waals surface area contributed by atoms with Crippen LogP contribution in [0, 0.1) is 17.6 Å². The quantitative estimate of drug-likeness (QED) is 0.812. The Kier molecular flexibility index (Phi) is 4.08. The maximum atomic E-state index is 14.5. The summed E-state index contributed by atoms with van der Waals surface area (Å²) in [4.78, 5) is 6.16. The predicted octanol–water partition coefficient (Wildman–Crippen LogP) is 4.42. The molecule has 0 N–H and O–H groups in total. The average molecular weight is 330 g/mol. The molecule has 0 amide bonds. The normalized spacial score (nSPS) is 17.3. The van der Waals surface area contributed by atoms with Gasteiger partial charge >= 0.3 is 0 Å². The number of anilines is 1. The van der Waals surface area contributed by atoms with Gasteiger partial charge in [-0.25, -0.2) is 13.8 Å². The lowest BCUT2D eigenvalue weighted by molar-refractivity contribution is 0.289. The van der Waals surface area contributed by atoms with Gasteiger partial charge in [0.05, 0.1) is 12.3 Å². The number of halogens is 2. The fraction of sp³-hybridized carbons (Fsp3) is 0.421.